The fourth-order valence-corrected chi connectivity index (χ4v) is 5.92. The number of hydrogen-bond acceptors (Lipinski definition) is 3. The van der Waals surface area contributed by atoms with Gasteiger partial charge in [0.05, 0.1) is 16.6 Å². The average Bonchev–Trinajstić information content (AvgIpc) is 2.65. The van der Waals surface area contributed by atoms with Crippen LogP contribution in [0.1, 0.15) is 57.6 Å². The van der Waals surface area contributed by atoms with Crippen molar-refractivity contribution >= 4 is 15.7 Å². The summed E-state index contributed by atoms with van der Waals surface area (Å²) < 4.78 is 35.4. The van der Waals surface area contributed by atoms with Gasteiger partial charge in [0.15, 0.2) is 0 Å². The fourth-order valence-electron chi connectivity index (χ4n) is 4.21. The Balaban J connectivity index is 1.89. The van der Waals surface area contributed by atoms with Crippen molar-refractivity contribution in [3.63, 3.8) is 0 Å². The van der Waals surface area contributed by atoms with Crippen molar-refractivity contribution in [2.24, 2.45) is 0 Å². The monoisotopic (exact) mass is 399 g/mol. The summed E-state index contributed by atoms with van der Waals surface area (Å²) in [6.07, 6.45) is 3.75. The second kappa shape index (κ2) is 6.80. The summed E-state index contributed by atoms with van der Waals surface area (Å²) in [5, 5.41) is 0. The van der Waals surface area contributed by atoms with Crippen LogP contribution in [-0.4, -0.2) is 20.6 Å². The maximum Gasteiger partial charge on any atom is 0.264 e. The largest absolute Gasteiger partial charge is 0.486 e. The molecule has 0 bridgehead atoms. The Kier molecular flexibility index (Phi) is 4.69. The lowest BCUT2D eigenvalue weighted by Gasteiger charge is -2.45. The van der Waals surface area contributed by atoms with Crippen LogP contribution >= 0.6 is 0 Å². The van der Waals surface area contributed by atoms with Gasteiger partial charge in [0.1, 0.15) is 11.9 Å². The summed E-state index contributed by atoms with van der Waals surface area (Å²) in [5.74, 6) is 0.673. The summed E-state index contributed by atoms with van der Waals surface area (Å²) in [5.41, 5.74) is 2.76. The first-order valence-electron chi connectivity index (χ1n) is 10.1. The Bertz CT molecular complexity index is 974. The minimum Gasteiger partial charge on any atom is -0.486 e. The van der Waals surface area contributed by atoms with E-state index in [-0.39, 0.29) is 17.6 Å². The number of anilines is 1. The summed E-state index contributed by atoms with van der Waals surface area (Å²) in [6.45, 7) is 8.38. The normalized spacial score (nSPS) is 22.2. The van der Waals surface area contributed by atoms with Crippen LogP contribution in [0.4, 0.5) is 5.69 Å². The summed E-state index contributed by atoms with van der Waals surface area (Å²) in [7, 11) is -3.67. The van der Waals surface area contributed by atoms with E-state index in [1.807, 2.05) is 31.2 Å². The molecule has 2 aliphatic rings. The smallest absolute Gasteiger partial charge is 0.264 e. The predicted molar refractivity (Wildman–Crippen MR) is 113 cm³/mol. The quantitative estimate of drug-likeness (QED) is 0.698. The van der Waals surface area contributed by atoms with E-state index < -0.39 is 10.0 Å². The molecule has 0 amide bonds. The molecular weight excluding hydrogens is 370 g/mol. The molecule has 4 nitrogen and oxygen atoms in total. The Morgan fingerprint density at radius 2 is 1.68 bits per heavy atom. The minimum absolute atomic E-state index is 0.0717. The first-order valence-corrected chi connectivity index (χ1v) is 11.5. The number of sulfonamides is 1. The number of hydrogen-bond donors (Lipinski definition) is 0. The van der Waals surface area contributed by atoms with E-state index in [0.29, 0.717) is 16.3 Å². The van der Waals surface area contributed by atoms with Gasteiger partial charge in [-0.3, -0.25) is 4.31 Å². The van der Waals surface area contributed by atoms with Crippen LogP contribution in [0.2, 0.25) is 0 Å². The number of nitrogens with zero attached hydrogens (tertiary/aromatic N) is 1. The van der Waals surface area contributed by atoms with E-state index in [1.54, 1.807) is 16.4 Å². The molecule has 0 N–H and O–H groups in total. The molecule has 1 aliphatic heterocycles. The first kappa shape index (κ1) is 19.3. The highest BCUT2D eigenvalue weighted by Gasteiger charge is 2.44. The van der Waals surface area contributed by atoms with Gasteiger partial charge in [0.2, 0.25) is 0 Å². The fraction of sp³-hybridized carbons (Fsp3) is 0.478. The molecule has 0 aromatic heterocycles. The number of aryl methyl sites for hydroxylation is 1. The van der Waals surface area contributed by atoms with Crippen LogP contribution in [-0.2, 0) is 15.4 Å². The molecule has 1 saturated carbocycles. The molecule has 0 unspecified atom stereocenters. The summed E-state index contributed by atoms with van der Waals surface area (Å²) in [4.78, 5) is 0.344. The molecule has 0 spiro atoms. The highest BCUT2D eigenvalue weighted by atomic mass is 32.2. The Morgan fingerprint density at radius 1 is 1.00 bits per heavy atom. The highest BCUT2D eigenvalue weighted by molar-refractivity contribution is 7.92. The molecule has 150 valence electrons. The van der Waals surface area contributed by atoms with Crippen molar-refractivity contribution in [2.45, 2.75) is 75.8 Å². The van der Waals surface area contributed by atoms with Crippen LogP contribution < -0.4 is 9.04 Å². The van der Waals surface area contributed by atoms with Crippen molar-refractivity contribution in [1.82, 2.24) is 0 Å². The van der Waals surface area contributed by atoms with Crippen molar-refractivity contribution in [3.8, 4) is 5.75 Å². The van der Waals surface area contributed by atoms with E-state index in [0.717, 1.165) is 36.8 Å². The van der Waals surface area contributed by atoms with Crippen LogP contribution in [0, 0.1) is 6.92 Å². The van der Waals surface area contributed by atoms with E-state index in [9.17, 15) is 8.42 Å². The zero-order valence-corrected chi connectivity index (χ0v) is 17.9. The topological polar surface area (TPSA) is 46.6 Å². The van der Waals surface area contributed by atoms with E-state index in [2.05, 4.69) is 26.8 Å². The standard InChI is InChI=1S/C23H29NO3S/c1-16-9-12-18(13-10-16)28(25,26)24-19-7-5-6-8-21(19)27-22-14-11-17(15-20(22)24)23(2,3)4/h9-15,19,21H,5-8H2,1-4H3/t19-,21-/m1/s1. The molecule has 1 heterocycles. The van der Waals surface area contributed by atoms with Crippen LogP contribution in [0.15, 0.2) is 47.4 Å². The number of fused-ring (bicyclic) bond motifs is 2. The number of rotatable bonds is 2. The molecular formula is C23H29NO3S. The maximum absolute atomic E-state index is 13.7. The lowest BCUT2D eigenvalue weighted by molar-refractivity contribution is 0.122. The summed E-state index contributed by atoms with van der Waals surface area (Å²) in [6, 6.07) is 13.0. The Morgan fingerprint density at radius 3 is 2.36 bits per heavy atom. The average molecular weight is 400 g/mol. The van der Waals surface area contributed by atoms with Gasteiger partial charge in [-0.25, -0.2) is 8.42 Å². The van der Waals surface area contributed by atoms with Gasteiger partial charge in [0, 0.05) is 0 Å². The lowest BCUT2D eigenvalue weighted by atomic mass is 9.85. The predicted octanol–water partition coefficient (Wildman–Crippen LogP) is 5.19. The SMILES string of the molecule is Cc1ccc(S(=O)(=O)N2c3cc(C(C)(C)C)ccc3O[C@@H]3CCCC[C@H]32)cc1. The van der Waals surface area contributed by atoms with Crippen LogP contribution in [0.3, 0.4) is 0 Å². The molecule has 2 atom stereocenters. The van der Waals surface area contributed by atoms with Gasteiger partial charge in [-0.1, -0.05) is 51.0 Å². The van der Waals surface area contributed by atoms with Gasteiger partial charge in [0.25, 0.3) is 10.0 Å². The van der Waals surface area contributed by atoms with Crippen molar-refractivity contribution in [1.29, 1.82) is 0 Å². The third-order valence-corrected chi connectivity index (χ3v) is 7.74. The zero-order valence-electron chi connectivity index (χ0n) is 17.1. The molecule has 1 fully saturated rings. The third-order valence-electron chi connectivity index (χ3n) is 5.89. The molecule has 2 aromatic rings. The molecule has 28 heavy (non-hydrogen) atoms. The lowest BCUT2D eigenvalue weighted by Crippen LogP contribution is -2.53. The van der Waals surface area contributed by atoms with Crippen LogP contribution in [0.25, 0.3) is 0 Å². The van der Waals surface area contributed by atoms with Crippen molar-refractivity contribution in [2.75, 3.05) is 4.31 Å². The molecule has 1 aliphatic carbocycles. The zero-order chi connectivity index (χ0) is 20.1. The second-order valence-corrected chi connectivity index (χ2v) is 10.9. The first-order chi connectivity index (χ1) is 13.2. The van der Waals surface area contributed by atoms with Gasteiger partial charge in [-0.15, -0.1) is 0 Å². The van der Waals surface area contributed by atoms with Gasteiger partial charge in [-0.05, 0) is 61.4 Å². The second-order valence-electron chi connectivity index (χ2n) is 9.05. The van der Waals surface area contributed by atoms with Crippen LogP contribution in [0.5, 0.6) is 5.75 Å². The van der Waals surface area contributed by atoms with Crippen molar-refractivity contribution < 1.29 is 13.2 Å². The molecule has 0 radical (unpaired) electrons. The number of benzene rings is 2. The Labute approximate surface area is 168 Å². The minimum atomic E-state index is -3.67. The van der Waals surface area contributed by atoms with E-state index >= 15 is 0 Å². The molecule has 0 saturated heterocycles. The van der Waals surface area contributed by atoms with E-state index in [1.165, 1.54) is 0 Å². The van der Waals surface area contributed by atoms with Gasteiger partial charge in [-0.2, -0.15) is 0 Å². The molecule has 2 aromatic carbocycles. The van der Waals surface area contributed by atoms with Gasteiger partial charge < -0.3 is 4.74 Å². The maximum atomic E-state index is 13.7. The third kappa shape index (κ3) is 3.30. The molecule has 4 rings (SSSR count). The molecule has 5 heteroatoms. The number of ether oxygens (including phenoxy) is 1. The Hall–Kier alpha value is -2.01. The van der Waals surface area contributed by atoms with Crippen molar-refractivity contribution in [3.05, 3.63) is 53.6 Å². The van der Waals surface area contributed by atoms with Gasteiger partial charge >= 0.3 is 0 Å². The summed E-state index contributed by atoms with van der Waals surface area (Å²) >= 11 is 0. The highest BCUT2D eigenvalue weighted by Crippen LogP contribution is 2.45. The van der Waals surface area contributed by atoms with E-state index in [4.69, 9.17) is 4.74 Å².